The van der Waals surface area contributed by atoms with Gasteiger partial charge < -0.3 is 9.88 Å². The molecular weight excluding hydrogens is 402 g/mol. The molecule has 1 N–H and O–H groups in total. The summed E-state index contributed by atoms with van der Waals surface area (Å²) in [6, 6.07) is 5.86. The normalized spacial score (nSPS) is 11.2. The monoisotopic (exact) mass is 429 g/mol. The molecule has 0 saturated heterocycles. The van der Waals surface area contributed by atoms with E-state index in [4.69, 9.17) is 0 Å². The number of amides is 1. The number of unbranched alkanes of at least 4 members (excludes halogenated alkanes) is 1. The van der Waals surface area contributed by atoms with E-state index in [2.05, 4.69) is 17.2 Å². The number of rotatable bonds is 7. The highest BCUT2D eigenvalue weighted by Gasteiger charge is 2.20. The number of para-hydroxylation sites is 1. The van der Waals surface area contributed by atoms with Crippen LogP contribution in [-0.4, -0.2) is 30.3 Å². The average molecular weight is 430 g/mol. The number of aryl methyl sites for hydroxylation is 4. The second-order valence-corrected chi connectivity index (χ2v) is 8.32. The Balaban J connectivity index is 1.92. The third-order valence-corrected chi connectivity index (χ3v) is 6.10. The molecule has 2 aromatic heterocycles. The van der Waals surface area contributed by atoms with Gasteiger partial charge in [0.1, 0.15) is 0 Å². The molecule has 0 atom stereocenters. The maximum Gasteiger partial charge on any atom is 0.332 e. The highest BCUT2D eigenvalue weighted by atomic mass is 32.2. The van der Waals surface area contributed by atoms with Crippen LogP contribution < -0.4 is 16.6 Å². The van der Waals surface area contributed by atoms with Crippen molar-refractivity contribution < 1.29 is 4.79 Å². The fourth-order valence-electron chi connectivity index (χ4n) is 3.38. The Bertz CT molecular complexity index is 1200. The summed E-state index contributed by atoms with van der Waals surface area (Å²) in [6.45, 7) is 6.57. The maximum atomic E-state index is 12.8. The second kappa shape index (κ2) is 8.91. The molecule has 3 rings (SSSR count). The topological polar surface area (TPSA) is 90.9 Å². The minimum Gasteiger partial charge on any atom is -0.325 e. The van der Waals surface area contributed by atoms with Crippen LogP contribution in [0.3, 0.4) is 0 Å². The Labute approximate surface area is 178 Å². The lowest BCUT2D eigenvalue weighted by atomic mass is 10.1. The van der Waals surface area contributed by atoms with Crippen molar-refractivity contribution in [3.8, 4) is 0 Å². The van der Waals surface area contributed by atoms with E-state index in [9.17, 15) is 14.4 Å². The molecule has 0 bridgehead atoms. The Morgan fingerprint density at radius 2 is 1.80 bits per heavy atom. The summed E-state index contributed by atoms with van der Waals surface area (Å²) < 4.78 is 4.30. The summed E-state index contributed by atoms with van der Waals surface area (Å²) in [5.74, 6) is 0.00518. The Hall–Kier alpha value is -2.81. The zero-order valence-corrected chi connectivity index (χ0v) is 18.8. The molecule has 0 saturated carbocycles. The quantitative estimate of drug-likeness (QED) is 0.583. The number of imidazole rings is 1. The van der Waals surface area contributed by atoms with E-state index in [1.54, 1.807) is 7.05 Å². The van der Waals surface area contributed by atoms with Crippen molar-refractivity contribution in [2.75, 3.05) is 11.1 Å². The van der Waals surface area contributed by atoms with Gasteiger partial charge in [-0.15, -0.1) is 0 Å². The minimum absolute atomic E-state index is 0.145. The summed E-state index contributed by atoms with van der Waals surface area (Å²) in [5.41, 5.74) is 2.77. The molecular formula is C21H27N5O3S. The Morgan fingerprint density at radius 3 is 2.43 bits per heavy atom. The number of nitrogens with one attached hydrogen (secondary N) is 1. The summed E-state index contributed by atoms with van der Waals surface area (Å²) in [6.07, 6.45) is 1.81. The Kier molecular flexibility index (Phi) is 6.50. The molecule has 0 aliphatic rings. The highest BCUT2D eigenvalue weighted by molar-refractivity contribution is 7.99. The van der Waals surface area contributed by atoms with Gasteiger partial charge in [-0.3, -0.25) is 18.7 Å². The van der Waals surface area contributed by atoms with Gasteiger partial charge in [-0.1, -0.05) is 43.3 Å². The van der Waals surface area contributed by atoms with Crippen molar-refractivity contribution in [3.63, 3.8) is 0 Å². The first-order chi connectivity index (χ1) is 14.3. The zero-order valence-electron chi connectivity index (χ0n) is 18.0. The molecule has 9 heteroatoms. The van der Waals surface area contributed by atoms with Crippen LogP contribution in [0.25, 0.3) is 11.2 Å². The number of nitrogens with zero attached hydrogens (tertiary/aromatic N) is 4. The van der Waals surface area contributed by atoms with Crippen molar-refractivity contribution >= 4 is 34.5 Å². The number of hydrogen-bond donors (Lipinski definition) is 1. The van der Waals surface area contributed by atoms with Crippen LogP contribution in [0.1, 0.15) is 30.9 Å². The van der Waals surface area contributed by atoms with Crippen LogP contribution in [0.4, 0.5) is 5.69 Å². The van der Waals surface area contributed by atoms with Gasteiger partial charge in [0.2, 0.25) is 5.91 Å². The highest BCUT2D eigenvalue weighted by Crippen LogP contribution is 2.24. The first kappa shape index (κ1) is 21.9. The molecule has 2 heterocycles. The predicted octanol–water partition coefficient (Wildman–Crippen LogP) is 2.58. The lowest BCUT2D eigenvalue weighted by Gasteiger charge is -2.12. The predicted molar refractivity (Wildman–Crippen MR) is 120 cm³/mol. The lowest BCUT2D eigenvalue weighted by Crippen LogP contribution is -2.37. The van der Waals surface area contributed by atoms with Crippen LogP contribution >= 0.6 is 11.8 Å². The van der Waals surface area contributed by atoms with Crippen molar-refractivity contribution in [2.24, 2.45) is 14.1 Å². The van der Waals surface area contributed by atoms with Gasteiger partial charge in [0, 0.05) is 26.3 Å². The molecule has 1 aromatic carbocycles. The molecule has 0 fully saturated rings. The maximum absolute atomic E-state index is 12.8. The molecule has 0 unspecified atom stereocenters. The number of thioether (sulfide) groups is 1. The summed E-state index contributed by atoms with van der Waals surface area (Å²) in [5, 5.41) is 3.53. The fraction of sp³-hybridized carbons (Fsp3) is 0.429. The number of aromatic nitrogens is 4. The Morgan fingerprint density at radius 1 is 1.13 bits per heavy atom. The van der Waals surface area contributed by atoms with E-state index < -0.39 is 5.69 Å². The number of hydrogen-bond acceptors (Lipinski definition) is 5. The minimum atomic E-state index is -0.419. The van der Waals surface area contributed by atoms with Crippen molar-refractivity contribution in [1.29, 1.82) is 0 Å². The van der Waals surface area contributed by atoms with E-state index in [0.29, 0.717) is 22.9 Å². The number of fused-ring (bicyclic) bond motifs is 1. The second-order valence-electron chi connectivity index (χ2n) is 7.38. The van der Waals surface area contributed by atoms with Crippen molar-refractivity contribution in [1.82, 2.24) is 18.7 Å². The van der Waals surface area contributed by atoms with Crippen molar-refractivity contribution in [2.45, 2.75) is 45.3 Å². The van der Waals surface area contributed by atoms with E-state index in [1.807, 2.05) is 36.6 Å². The summed E-state index contributed by atoms with van der Waals surface area (Å²) in [7, 11) is 3.06. The van der Waals surface area contributed by atoms with Gasteiger partial charge >= 0.3 is 5.69 Å². The van der Waals surface area contributed by atoms with Gasteiger partial charge in [0.15, 0.2) is 16.3 Å². The number of anilines is 1. The van der Waals surface area contributed by atoms with Crippen LogP contribution in [0.15, 0.2) is 32.9 Å². The first-order valence-corrected chi connectivity index (χ1v) is 10.9. The number of carbonyl (C=O) groups is 1. The fourth-order valence-corrected chi connectivity index (χ4v) is 4.20. The molecule has 8 nitrogen and oxygen atoms in total. The standard InChI is InChI=1S/C21H27N5O3S/c1-6-7-11-26-17-18(24(4)21(29)25(5)19(17)28)23-20(26)30-12-15(27)22-16-13(2)9-8-10-14(16)3/h8-10H,6-7,11-12H2,1-5H3,(H,22,27). The molecule has 0 radical (unpaired) electrons. The molecule has 160 valence electrons. The number of benzene rings is 1. The summed E-state index contributed by atoms with van der Waals surface area (Å²) >= 11 is 1.27. The molecule has 0 spiro atoms. The van der Waals surface area contributed by atoms with Crippen LogP contribution in [0, 0.1) is 13.8 Å². The van der Waals surface area contributed by atoms with E-state index in [-0.39, 0.29) is 17.2 Å². The smallest absolute Gasteiger partial charge is 0.325 e. The molecule has 30 heavy (non-hydrogen) atoms. The van der Waals surface area contributed by atoms with Gasteiger partial charge in [-0.2, -0.15) is 0 Å². The van der Waals surface area contributed by atoms with Gasteiger partial charge in [-0.05, 0) is 31.4 Å². The zero-order chi connectivity index (χ0) is 22.0. The first-order valence-electron chi connectivity index (χ1n) is 9.91. The van der Waals surface area contributed by atoms with E-state index >= 15 is 0 Å². The van der Waals surface area contributed by atoms with Crippen LogP contribution in [0.5, 0.6) is 0 Å². The van der Waals surface area contributed by atoms with E-state index in [1.165, 1.54) is 23.4 Å². The lowest BCUT2D eigenvalue weighted by molar-refractivity contribution is -0.113. The van der Waals surface area contributed by atoms with Gasteiger partial charge in [-0.25, -0.2) is 9.78 Å². The van der Waals surface area contributed by atoms with Crippen LogP contribution in [0.2, 0.25) is 0 Å². The van der Waals surface area contributed by atoms with Gasteiger partial charge in [0.25, 0.3) is 5.56 Å². The average Bonchev–Trinajstić information content (AvgIpc) is 3.09. The third-order valence-electron chi connectivity index (χ3n) is 5.13. The van der Waals surface area contributed by atoms with Crippen LogP contribution in [-0.2, 0) is 25.4 Å². The molecule has 3 aromatic rings. The molecule has 0 aliphatic heterocycles. The van der Waals surface area contributed by atoms with Crippen molar-refractivity contribution in [3.05, 3.63) is 50.2 Å². The molecule has 1 amide bonds. The number of carbonyl (C=O) groups excluding carboxylic acids is 1. The SMILES string of the molecule is CCCCn1c(SCC(=O)Nc2c(C)cccc2C)nc2c1c(=O)n(C)c(=O)n2C. The van der Waals surface area contributed by atoms with E-state index in [0.717, 1.165) is 34.2 Å². The summed E-state index contributed by atoms with van der Waals surface area (Å²) in [4.78, 5) is 42.2. The molecule has 0 aliphatic carbocycles. The third kappa shape index (κ3) is 4.07. The van der Waals surface area contributed by atoms with Gasteiger partial charge in [0.05, 0.1) is 5.75 Å². The largest absolute Gasteiger partial charge is 0.332 e.